The third-order valence-electron chi connectivity index (χ3n) is 2.65. The number of nitrogens with zero attached hydrogens (tertiary/aromatic N) is 2. The lowest BCUT2D eigenvalue weighted by Gasteiger charge is -2.07. The van der Waals surface area contributed by atoms with Crippen LogP contribution in [0, 0.1) is 0 Å². The Kier molecular flexibility index (Phi) is 3.23. The molecule has 2 aromatic heterocycles. The molecular formula is C13H10ClN3OS. The fraction of sp³-hybridized carbons (Fsp3) is 0.0769. The van der Waals surface area contributed by atoms with Crippen LogP contribution in [-0.4, -0.2) is 17.1 Å². The second-order valence-corrected chi connectivity index (χ2v) is 5.07. The van der Waals surface area contributed by atoms with E-state index in [1.165, 1.54) is 11.3 Å². The van der Waals surface area contributed by atoms with Gasteiger partial charge in [0.25, 0.3) is 0 Å². The summed E-state index contributed by atoms with van der Waals surface area (Å²) in [6.45, 7) is 0. The first-order valence-electron chi connectivity index (χ1n) is 5.58. The van der Waals surface area contributed by atoms with Crippen molar-refractivity contribution in [3.05, 3.63) is 41.0 Å². The SMILES string of the molecule is COc1ccc(Nc2nc(Cl)nc3sccc23)cc1. The molecule has 1 aromatic carbocycles. The Morgan fingerprint density at radius 3 is 2.68 bits per heavy atom. The van der Waals surface area contributed by atoms with Gasteiger partial charge in [-0.3, -0.25) is 0 Å². The lowest BCUT2D eigenvalue weighted by atomic mass is 10.3. The van der Waals surface area contributed by atoms with Gasteiger partial charge in [0, 0.05) is 5.69 Å². The summed E-state index contributed by atoms with van der Waals surface area (Å²) in [7, 11) is 1.64. The minimum Gasteiger partial charge on any atom is -0.497 e. The van der Waals surface area contributed by atoms with Crippen molar-refractivity contribution in [3.8, 4) is 5.75 Å². The van der Waals surface area contributed by atoms with E-state index in [2.05, 4.69) is 15.3 Å². The summed E-state index contributed by atoms with van der Waals surface area (Å²) >= 11 is 7.46. The molecule has 4 nitrogen and oxygen atoms in total. The molecule has 0 atom stereocenters. The van der Waals surface area contributed by atoms with E-state index in [1.54, 1.807) is 7.11 Å². The number of nitrogens with one attached hydrogen (secondary N) is 1. The maximum Gasteiger partial charge on any atom is 0.225 e. The molecule has 6 heteroatoms. The zero-order chi connectivity index (χ0) is 13.2. The molecule has 0 aliphatic carbocycles. The summed E-state index contributed by atoms with van der Waals surface area (Å²) in [6.07, 6.45) is 0. The van der Waals surface area contributed by atoms with Crippen LogP contribution in [0.2, 0.25) is 5.28 Å². The lowest BCUT2D eigenvalue weighted by Crippen LogP contribution is -1.95. The molecule has 0 saturated carbocycles. The van der Waals surface area contributed by atoms with Crippen LogP contribution >= 0.6 is 22.9 Å². The van der Waals surface area contributed by atoms with Crippen LogP contribution < -0.4 is 10.1 Å². The highest BCUT2D eigenvalue weighted by Gasteiger charge is 2.08. The topological polar surface area (TPSA) is 47.0 Å². The molecule has 0 fully saturated rings. The summed E-state index contributed by atoms with van der Waals surface area (Å²) in [5.41, 5.74) is 0.920. The van der Waals surface area contributed by atoms with Crippen molar-refractivity contribution in [3.63, 3.8) is 0 Å². The molecule has 3 rings (SSSR count). The minimum atomic E-state index is 0.242. The molecule has 0 aliphatic heterocycles. The van der Waals surface area contributed by atoms with Crippen molar-refractivity contribution in [1.29, 1.82) is 0 Å². The second kappa shape index (κ2) is 5.03. The van der Waals surface area contributed by atoms with Crippen molar-refractivity contribution < 1.29 is 4.74 Å². The Balaban J connectivity index is 1.97. The number of rotatable bonds is 3. The van der Waals surface area contributed by atoms with E-state index in [9.17, 15) is 0 Å². The Labute approximate surface area is 119 Å². The zero-order valence-corrected chi connectivity index (χ0v) is 11.6. The number of thiophene rings is 1. The van der Waals surface area contributed by atoms with Gasteiger partial charge in [0.15, 0.2) is 0 Å². The minimum absolute atomic E-state index is 0.242. The molecule has 1 N–H and O–H groups in total. The largest absolute Gasteiger partial charge is 0.497 e. The van der Waals surface area contributed by atoms with Gasteiger partial charge in [0.05, 0.1) is 12.5 Å². The quantitative estimate of drug-likeness (QED) is 0.738. The van der Waals surface area contributed by atoms with Gasteiger partial charge in [-0.05, 0) is 47.3 Å². The normalized spacial score (nSPS) is 10.6. The van der Waals surface area contributed by atoms with E-state index in [-0.39, 0.29) is 5.28 Å². The highest BCUT2D eigenvalue weighted by molar-refractivity contribution is 7.16. The summed E-state index contributed by atoms with van der Waals surface area (Å²) in [5, 5.41) is 6.41. The summed E-state index contributed by atoms with van der Waals surface area (Å²) < 4.78 is 5.12. The van der Waals surface area contributed by atoms with E-state index in [4.69, 9.17) is 16.3 Å². The molecule has 96 valence electrons. The molecule has 19 heavy (non-hydrogen) atoms. The number of benzene rings is 1. The average molecular weight is 292 g/mol. The molecular weight excluding hydrogens is 282 g/mol. The van der Waals surface area contributed by atoms with E-state index in [0.717, 1.165) is 21.7 Å². The molecule has 0 spiro atoms. The first kappa shape index (κ1) is 12.2. The van der Waals surface area contributed by atoms with Crippen molar-refractivity contribution in [2.75, 3.05) is 12.4 Å². The van der Waals surface area contributed by atoms with Crippen molar-refractivity contribution in [2.45, 2.75) is 0 Å². The Morgan fingerprint density at radius 2 is 1.95 bits per heavy atom. The van der Waals surface area contributed by atoms with Gasteiger partial charge in [-0.25, -0.2) is 4.98 Å². The van der Waals surface area contributed by atoms with Gasteiger partial charge in [-0.2, -0.15) is 4.98 Å². The third-order valence-corrected chi connectivity index (χ3v) is 3.63. The van der Waals surface area contributed by atoms with Gasteiger partial charge in [0.1, 0.15) is 16.4 Å². The van der Waals surface area contributed by atoms with Crippen LogP contribution in [0.25, 0.3) is 10.2 Å². The van der Waals surface area contributed by atoms with Gasteiger partial charge in [-0.1, -0.05) is 0 Å². The number of halogens is 1. The van der Waals surface area contributed by atoms with E-state index >= 15 is 0 Å². The van der Waals surface area contributed by atoms with E-state index in [1.807, 2.05) is 35.7 Å². The Hall–Kier alpha value is -1.85. The fourth-order valence-electron chi connectivity index (χ4n) is 1.74. The van der Waals surface area contributed by atoms with E-state index in [0.29, 0.717) is 5.82 Å². The maximum atomic E-state index is 5.92. The van der Waals surface area contributed by atoms with Crippen LogP contribution in [0.5, 0.6) is 5.75 Å². The lowest BCUT2D eigenvalue weighted by molar-refractivity contribution is 0.415. The monoisotopic (exact) mass is 291 g/mol. The number of methoxy groups -OCH3 is 1. The highest BCUT2D eigenvalue weighted by atomic mass is 35.5. The number of hydrogen-bond donors (Lipinski definition) is 1. The maximum absolute atomic E-state index is 5.92. The van der Waals surface area contributed by atoms with Gasteiger partial charge < -0.3 is 10.1 Å². The Bertz CT molecular complexity index is 711. The standard InChI is InChI=1S/C13H10ClN3OS/c1-18-9-4-2-8(3-5-9)15-11-10-6-7-19-12(10)17-13(14)16-11/h2-7H,1H3,(H,15,16,17). The van der Waals surface area contributed by atoms with Crippen LogP contribution in [0.15, 0.2) is 35.7 Å². The molecule has 0 unspecified atom stereocenters. The van der Waals surface area contributed by atoms with Crippen LogP contribution in [0.3, 0.4) is 0 Å². The number of hydrogen-bond acceptors (Lipinski definition) is 5. The van der Waals surface area contributed by atoms with E-state index < -0.39 is 0 Å². The van der Waals surface area contributed by atoms with Crippen LogP contribution in [0.1, 0.15) is 0 Å². The van der Waals surface area contributed by atoms with Crippen LogP contribution in [-0.2, 0) is 0 Å². The van der Waals surface area contributed by atoms with Crippen molar-refractivity contribution in [2.24, 2.45) is 0 Å². The predicted molar refractivity (Wildman–Crippen MR) is 78.7 cm³/mol. The van der Waals surface area contributed by atoms with Gasteiger partial charge >= 0.3 is 0 Å². The number of anilines is 2. The number of aromatic nitrogens is 2. The molecule has 0 radical (unpaired) electrons. The molecule has 3 aromatic rings. The Morgan fingerprint density at radius 1 is 1.16 bits per heavy atom. The van der Waals surface area contributed by atoms with Gasteiger partial charge in [-0.15, -0.1) is 11.3 Å². The van der Waals surface area contributed by atoms with Crippen molar-refractivity contribution in [1.82, 2.24) is 9.97 Å². The second-order valence-electron chi connectivity index (χ2n) is 3.83. The highest BCUT2D eigenvalue weighted by Crippen LogP contribution is 2.29. The summed E-state index contributed by atoms with van der Waals surface area (Å²) in [4.78, 5) is 9.28. The summed E-state index contributed by atoms with van der Waals surface area (Å²) in [5.74, 6) is 1.52. The number of ether oxygens (including phenoxy) is 1. The first-order valence-corrected chi connectivity index (χ1v) is 6.84. The smallest absolute Gasteiger partial charge is 0.225 e. The first-order chi connectivity index (χ1) is 9.26. The molecule has 0 bridgehead atoms. The molecule has 0 amide bonds. The fourth-order valence-corrected chi connectivity index (χ4v) is 2.72. The molecule has 2 heterocycles. The predicted octanol–water partition coefficient (Wildman–Crippen LogP) is 4.10. The zero-order valence-electron chi connectivity index (χ0n) is 10.1. The molecule has 0 saturated heterocycles. The van der Waals surface area contributed by atoms with Crippen LogP contribution in [0.4, 0.5) is 11.5 Å². The average Bonchev–Trinajstić information content (AvgIpc) is 2.88. The summed E-state index contributed by atoms with van der Waals surface area (Å²) in [6, 6.07) is 9.59. The molecule has 0 aliphatic rings. The third kappa shape index (κ3) is 2.47. The number of fused-ring (bicyclic) bond motifs is 1. The van der Waals surface area contributed by atoms with Crippen molar-refractivity contribution >= 4 is 44.7 Å². The van der Waals surface area contributed by atoms with Gasteiger partial charge in [0.2, 0.25) is 5.28 Å².